The van der Waals surface area contributed by atoms with E-state index in [1.165, 1.54) is 112 Å². The van der Waals surface area contributed by atoms with Gasteiger partial charge in [-0.2, -0.15) is 0 Å². The molecule has 0 N–H and O–H groups in total. The van der Waals surface area contributed by atoms with Gasteiger partial charge in [-0.3, -0.25) is 0 Å². The molecule has 0 saturated carbocycles. The fraction of sp³-hybridized carbons (Fsp3) is 0.281. The molecule has 2 aromatic heterocycles. The SMILES string of the molecule is CCCCCOc1ccc(-c2cc(-c3ccc(CC)cc3)[s+]c(-c3ccc(CC)cc3)c2)cc1.CCCCCOc1ccc(-c2cc(-c3ccc(CC)cc3)[s+]c(-c3ccc(CC)cc3)c2)cc1.[O-]B([O-])F. The number of hydrogen-bond donors (Lipinski definition) is 0. The third-order valence-electron chi connectivity index (χ3n) is 12.6. The Bertz CT molecular complexity index is 2490. The van der Waals surface area contributed by atoms with Crippen molar-refractivity contribution in [3.8, 4) is 75.5 Å². The van der Waals surface area contributed by atoms with Crippen LogP contribution in [-0.4, -0.2) is 20.6 Å². The summed E-state index contributed by atoms with van der Waals surface area (Å²) in [6.07, 6.45) is 11.3. The summed E-state index contributed by atoms with van der Waals surface area (Å²) >= 11 is 3.72. The average molecular weight is 997 g/mol. The van der Waals surface area contributed by atoms with E-state index in [4.69, 9.17) is 19.5 Å². The van der Waals surface area contributed by atoms with Crippen molar-refractivity contribution in [3.05, 3.63) is 192 Å². The molecule has 0 bridgehead atoms. The number of aryl methyl sites for hydroxylation is 4. The Labute approximate surface area is 438 Å². The molecule has 0 aliphatic carbocycles. The van der Waals surface area contributed by atoms with Gasteiger partial charge in [-0.25, -0.2) is 0 Å². The largest absolute Gasteiger partial charge is 0.867 e. The molecule has 8 heteroatoms. The zero-order valence-electron chi connectivity index (χ0n) is 43.1. The summed E-state index contributed by atoms with van der Waals surface area (Å²) in [6.45, 7) is 14.8. The van der Waals surface area contributed by atoms with E-state index in [9.17, 15) is 4.32 Å². The molecule has 4 nitrogen and oxygen atoms in total. The van der Waals surface area contributed by atoms with E-state index >= 15 is 0 Å². The Morgan fingerprint density at radius 2 is 0.583 bits per heavy atom. The van der Waals surface area contributed by atoms with E-state index in [0.29, 0.717) is 0 Å². The van der Waals surface area contributed by atoms with Crippen LogP contribution in [0.5, 0.6) is 11.5 Å². The van der Waals surface area contributed by atoms with Crippen molar-refractivity contribution < 1.29 is 23.8 Å². The molecule has 0 fully saturated rings. The average Bonchev–Trinajstić information content (AvgIpc) is 3.43. The van der Waals surface area contributed by atoms with Gasteiger partial charge in [0, 0.05) is 46.5 Å². The molecule has 6 aromatic carbocycles. The maximum absolute atomic E-state index is 9.89. The van der Waals surface area contributed by atoms with Crippen LogP contribution in [0.4, 0.5) is 4.32 Å². The fourth-order valence-electron chi connectivity index (χ4n) is 8.10. The molecule has 0 radical (unpaired) electrons. The zero-order valence-corrected chi connectivity index (χ0v) is 44.7. The van der Waals surface area contributed by atoms with Gasteiger partial charge in [0.05, 0.1) is 13.2 Å². The summed E-state index contributed by atoms with van der Waals surface area (Å²) in [5, 5.41) is 16.6. The quantitative estimate of drug-likeness (QED) is 0.0434. The lowest BCUT2D eigenvalue weighted by atomic mass is 10.0. The number of halogens is 1. The van der Waals surface area contributed by atoms with Crippen molar-refractivity contribution in [2.75, 3.05) is 13.2 Å². The van der Waals surface area contributed by atoms with Crippen LogP contribution in [0.25, 0.3) is 64.0 Å². The molecule has 0 aliphatic rings. The molecule has 0 unspecified atom stereocenters. The first-order valence-corrected chi connectivity index (χ1v) is 27.5. The standard InChI is InChI=1S/2C32H35OS.BFO2/c2*1-4-7-8-21-33-30-19-17-26(18-20-30)29-22-31(27-13-9-24(5-2)10-14-27)34-32(23-29)28-15-11-25(6-3)12-16-28;2-1(3)4/h2*9-20,22-23H,4-8,21H2,1-3H3;/q2*+1;-2. The second-order valence-corrected chi connectivity index (χ2v) is 20.0. The van der Waals surface area contributed by atoms with Crippen molar-refractivity contribution in [1.29, 1.82) is 0 Å². The van der Waals surface area contributed by atoms with Crippen LogP contribution in [0.2, 0.25) is 0 Å². The van der Waals surface area contributed by atoms with Crippen LogP contribution in [0.15, 0.2) is 170 Å². The zero-order chi connectivity index (χ0) is 51.1. The van der Waals surface area contributed by atoms with E-state index in [2.05, 4.69) is 211 Å². The summed E-state index contributed by atoms with van der Waals surface area (Å²) in [6, 6.07) is 62.4. The van der Waals surface area contributed by atoms with Crippen molar-refractivity contribution in [1.82, 2.24) is 0 Å². The summed E-state index contributed by atoms with van der Waals surface area (Å²) in [5.41, 5.74) is 15.5. The maximum atomic E-state index is 9.89. The molecule has 2 heterocycles. The topological polar surface area (TPSA) is 64.6 Å². The van der Waals surface area contributed by atoms with Crippen molar-refractivity contribution in [2.45, 2.75) is 106 Å². The van der Waals surface area contributed by atoms with Crippen LogP contribution in [0, 0.1) is 0 Å². The Balaban J connectivity index is 0.000000219. The highest BCUT2D eigenvalue weighted by atomic mass is 32.1. The second kappa shape index (κ2) is 29.5. The first-order valence-electron chi connectivity index (χ1n) is 25.9. The minimum atomic E-state index is -3.17. The summed E-state index contributed by atoms with van der Waals surface area (Å²) in [5.74, 6) is 1.90. The number of benzene rings is 6. The van der Waals surface area contributed by atoms with E-state index in [0.717, 1.165) is 63.2 Å². The van der Waals surface area contributed by atoms with Gasteiger partial charge >= 0.3 is 0 Å². The molecular weight excluding hydrogens is 927 g/mol. The predicted molar refractivity (Wildman–Crippen MR) is 304 cm³/mol. The smallest absolute Gasteiger partial charge is 0.239 e. The van der Waals surface area contributed by atoms with Gasteiger partial charge in [0.25, 0.3) is 0 Å². The summed E-state index contributed by atoms with van der Waals surface area (Å²) < 4.78 is 21.8. The minimum absolute atomic E-state index is 0.788. The van der Waals surface area contributed by atoms with Gasteiger partial charge in [0.1, 0.15) is 18.9 Å². The number of hydrogen-bond acceptors (Lipinski definition) is 4. The van der Waals surface area contributed by atoms with Gasteiger partial charge in [-0.05, 0) is 156 Å². The Morgan fingerprint density at radius 3 is 0.806 bits per heavy atom. The normalized spacial score (nSPS) is 10.7. The lowest BCUT2D eigenvalue weighted by molar-refractivity contribution is -0.366. The van der Waals surface area contributed by atoms with Gasteiger partial charge in [0.2, 0.25) is 42.2 Å². The van der Waals surface area contributed by atoms with E-state index in [1.807, 2.05) is 22.7 Å². The molecule has 0 aliphatic heterocycles. The first kappa shape index (κ1) is 55.3. The monoisotopic (exact) mass is 996 g/mol. The van der Waals surface area contributed by atoms with E-state index < -0.39 is 7.40 Å². The number of ether oxygens (including phenoxy) is 2. The predicted octanol–water partition coefficient (Wildman–Crippen LogP) is 17.1. The number of rotatable bonds is 20. The Kier molecular flexibility index (Phi) is 22.6. The van der Waals surface area contributed by atoms with Crippen molar-refractivity contribution >= 4 is 30.1 Å². The molecule has 0 spiro atoms. The highest BCUT2D eigenvalue weighted by molar-refractivity contribution is 7.18. The lowest BCUT2D eigenvalue weighted by Gasteiger charge is -2.09. The molecule has 72 heavy (non-hydrogen) atoms. The number of unbranched alkanes of at least 4 members (excludes halogenated alkanes) is 4. The Morgan fingerprint density at radius 1 is 0.347 bits per heavy atom. The van der Waals surface area contributed by atoms with Gasteiger partial charge in [-0.15, -0.1) is 0 Å². The van der Waals surface area contributed by atoms with Crippen LogP contribution in [0.3, 0.4) is 0 Å². The highest BCUT2D eigenvalue weighted by Crippen LogP contribution is 2.40. The van der Waals surface area contributed by atoms with E-state index in [1.54, 1.807) is 0 Å². The molecule has 0 amide bonds. The first-order chi connectivity index (χ1) is 35.1. The third-order valence-corrected chi connectivity index (χ3v) is 14.9. The third kappa shape index (κ3) is 17.1. The van der Waals surface area contributed by atoms with Gasteiger partial charge < -0.3 is 23.8 Å². The molecule has 0 saturated heterocycles. The minimum Gasteiger partial charge on any atom is -0.867 e. The maximum Gasteiger partial charge on any atom is 0.239 e. The van der Waals surface area contributed by atoms with E-state index in [-0.39, 0.29) is 0 Å². The summed E-state index contributed by atoms with van der Waals surface area (Å²) in [7, 11) is -3.17. The van der Waals surface area contributed by atoms with Crippen molar-refractivity contribution in [2.24, 2.45) is 0 Å². The van der Waals surface area contributed by atoms with Crippen molar-refractivity contribution in [3.63, 3.8) is 0 Å². The summed E-state index contributed by atoms with van der Waals surface area (Å²) in [4.78, 5) is 5.15. The molecule has 372 valence electrons. The Hall–Kier alpha value is -6.03. The van der Waals surface area contributed by atoms with Crippen LogP contribution in [0.1, 0.15) is 102 Å². The van der Waals surface area contributed by atoms with Crippen LogP contribution >= 0.6 is 22.7 Å². The molecule has 8 aromatic rings. The highest BCUT2D eigenvalue weighted by Gasteiger charge is 2.21. The molecular formula is C64H70BFO4S2. The fourth-order valence-corrected chi connectivity index (χ4v) is 10.3. The molecule has 8 rings (SSSR count). The lowest BCUT2D eigenvalue weighted by Crippen LogP contribution is -2.39. The molecule has 0 atom stereocenters. The second-order valence-electron chi connectivity index (χ2n) is 17.8. The van der Waals surface area contributed by atoms with Gasteiger partial charge in [0.15, 0.2) is 0 Å². The van der Waals surface area contributed by atoms with Gasteiger partial charge in [-0.1, -0.05) is 140 Å². The van der Waals surface area contributed by atoms with Crippen LogP contribution < -0.4 is 19.5 Å². The van der Waals surface area contributed by atoms with Crippen LogP contribution in [-0.2, 0) is 25.7 Å².